The van der Waals surface area contributed by atoms with Crippen LogP contribution in [0.1, 0.15) is 13.8 Å². The molecule has 0 aliphatic carbocycles. The molecular formula is C12H13BrN4O. The fourth-order valence-corrected chi connectivity index (χ4v) is 1.86. The van der Waals surface area contributed by atoms with Gasteiger partial charge in [0.15, 0.2) is 5.82 Å². The summed E-state index contributed by atoms with van der Waals surface area (Å²) < 4.78 is 6.33. The van der Waals surface area contributed by atoms with Crippen LogP contribution >= 0.6 is 15.9 Å². The first-order chi connectivity index (χ1) is 8.56. The monoisotopic (exact) mass is 308 g/mol. The lowest BCUT2D eigenvalue weighted by atomic mass is 10.2. The van der Waals surface area contributed by atoms with Gasteiger partial charge in [0.05, 0.1) is 6.10 Å². The Morgan fingerprint density at radius 2 is 1.89 bits per heavy atom. The standard InChI is InChI=1S/C12H13BrN4O/c1-7(2)18-12-16-10(15-11(14)17-12)8-5-3-4-6-9(8)13/h3-7H,1-2H3,(H2,14,15,16,17). The van der Waals surface area contributed by atoms with Gasteiger partial charge in [-0.1, -0.05) is 34.1 Å². The van der Waals surface area contributed by atoms with Crippen LogP contribution in [0.4, 0.5) is 5.95 Å². The fraction of sp³-hybridized carbons (Fsp3) is 0.250. The Labute approximate surface area is 114 Å². The minimum atomic E-state index is -0.0149. The minimum absolute atomic E-state index is 0.0149. The molecule has 94 valence electrons. The molecule has 0 aliphatic rings. The number of ether oxygens (including phenoxy) is 1. The lowest BCUT2D eigenvalue weighted by Crippen LogP contribution is -2.11. The Hall–Kier alpha value is -1.69. The van der Waals surface area contributed by atoms with Gasteiger partial charge in [-0.3, -0.25) is 0 Å². The van der Waals surface area contributed by atoms with Crippen LogP contribution in [0.2, 0.25) is 0 Å². The maximum absolute atomic E-state index is 5.67. The van der Waals surface area contributed by atoms with E-state index in [1.807, 2.05) is 38.1 Å². The van der Waals surface area contributed by atoms with Gasteiger partial charge in [-0.25, -0.2) is 0 Å². The second kappa shape index (κ2) is 5.30. The molecule has 0 aliphatic heterocycles. The van der Waals surface area contributed by atoms with E-state index in [1.165, 1.54) is 0 Å². The number of hydrogen-bond acceptors (Lipinski definition) is 5. The molecule has 0 radical (unpaired) electrons. The maximum Gasteiger partial charge on any atom is 0.322 e. The first-order valence-corrected chi connectivity index (χ1v) is 6.28. The van der Waals surface area contributed by atoms with Gasteiger partial charge in [-0.15, -0.1) is 0 Å². The second-order valence-corrected chi connectivity index (χ2v) is 4.80. The number of hydrogen-bond donors (Lipinski definition) is 1. The first kappa shape index (κ1) is 12.8. The van der Waals surface area contributed by atoms with Crippen LogP contribution in [0.5, 0.6) is 6.01 Å². The van der Waals surface area contributed by atoms with E-state index in [-0.39, 0.29) is 18.1 Å². The van der Waals surface area contributed by atoms with Crippen molar-refractivity contribution in [2.24, 2.45) is 0 Å². The van der Waals surface area contributed by atoms with Crippen molar-refractivity contribution in [2.45, 2.75) is 20.0 Å². The molecule has 5 nitrogen and oxygen atoms in total. The van der Waals surface area contributed by atoms with E-state index >= 15 is 0 Å². The molecule has 6 heteroatoms. The second-order valence-electron chi connectivity index (χ2n) is 3.95. The van der Waals surface area contributed by atoms with Crippen LogP contribution in [0.3, 0.4) is 0 Å². The lowest BCUT2D eigenvalue weighted by molar-refractivity contribution is 0.222. The van der Waals surface area contributed by atoms with Crippen molar-refractivity contribution in [2.75, 3.05) is 5.73 Å². The summed E-state index contributed by atoms with van der Waals surface area (Å²) in [6, 6.07) is 7.88. The van der Waals surface area contributed by atoms with Crippen LogP contribution in [0.25, 0.3) is 11.4 Å². The number of aromatic nitrogens is 3. The average Bonchev–Trinajstić information content (AvgIpc) is 2.27. The van der Waals surface area contributed by atoms with Crippen LogP contribution < -0.4 is 10.5 Å². The molecule has 2 rings (SSSR count). The number of nitrogen functional groups attached to an aromatic ring is 1. The molecule has 0 spiro atoms. The van der Waals surface area contributed by atoms with Gasteiger partial charge in [-0.2, -0.15) is 15.0 Å². The van der Waals surface area contributed by atoms with E-state index in [2.05, 4.69) is 30.9 Å². The number of nitrogens with zero attached hydrogens (tertiary/aromatic N) is 3. The molecule has 0 saturated heterocycles. The molecule has 0 atom stereocenters. The zero-order valence-corrected chi connectivity index (χ0v) is 11.7. The molecule has 0 bridgehead atoms. The number of nitrogens with two attached hydrogens (primary N) is 1. The van der Waals surface area contributed by atoms with E-state index in [4.69, 9.17) is 10.5 Å². The van der Waals surface area contributed by atoms with Gasteiger partial charge in [-0.05, 0) is 19.9 Å². The topological polar surface area (TPSA) is 73.9 Å². The highest BCUT2D eigenvalue weighted by Crippen LogP contribution is 2.26. The average molecular weight is 309 g/mol. The number of rotatable bonds is 3. The largest absolute Gasteiger partial charge is 0.461 e. The highest BCUT2D eigenvalue weighted by molar-refractivity contribution is 9.10. The maximum atomic E-state index is 5.67. The Kier molecular flexibility index (Phi) is 3.76. The molecule has 1 heterocycles. The molecule has 1 aromatic heterocycles. The van der Waals surface area contributed by atoms with Crippen LogP contribution in [0.15, 0.2) is 28.7 Å². The molecule has 0 fully saturated rings. The van der Waals surface area contributed by atoms with Crippen molar-refractivity contribution < 1.29 is 4.74 Å². The van der Waals surface area contributed by atoms with Crippen molar-refractivity contribution in [3.8, 4) is 17.4 Å². The van der Waals surface area contributed by atoms with Crippen molar-refractivity contribution in [3.63, 3.8) is 0 Å². The minimum Gasteiger partial charge on any atom is -0.461 e. The summed E-state index contributed by atoms with van der Waals surface area (Å²) >= 11 is 3.45. The van der Waals surface area contributed by atoms with Crippen molar-refractivity contribution >= 4 is 21.9 Å². The van der Waals surface area contributed by atoms with Crippen LogP contribution in [-0.2, 0) is 0 Å². The number of benzene rings is 1. The lowest BCUT2D eigenvalue weighted by Gasteiger charge is -2.09. The third kappa shape index (κ3) is 2.95. The number of halogens is 1. The Bertz CT molecular complexity index is 560. The molecule has 1 aromatic carbocycles. The summed E-state index contributed by atoms with van der Waals surface area (Å²) in [5.74, 6) is 0.636. The zero-order chi connectivity index (χ0) is 13.1. The van der Waals surface area contributed by atoms with Gasteiger partial charge < -0.3 is 10.5 Å². The van der Waals surface area contributed by atoms with Gasteiger partial charge in [0.25, 0.3) is 0 Å². The molecule has 0 saturated carbocycles. The SMILES string of the molecule is CC(C)Oc1nc(N)nc(-c2ccccc2Br)n1. The molecule has 2 N–H and O–H groups in total. The predicted octanol–water partition coefficient (Wildman–Crippen LogP) is 2.67. The van der Waals surface area contributed by atoms with Crippen molar-refractivity contribution in [1.29, 1.82) is 0 Å². The highest BCUT2D eigenvalue weighted by atomic mass is 79.9. The molecule has 18 heavy (non-hydrogen) atoms. The smallest absolute Gasteiger partial charge is 0.322 e. The highest BCUT2D eigenvalue weighted by Gasteiger charge is 2.11. The Balaban J connectivity index is 2.45. The fourth-order valence-electron chi connectivity index (χ4n) is 1.40. The predicted molar refractivity (Wildman–Crippen MR) is 73.1 cm³/mol. The van der Waals surface area contributed by atoms with E-state index in [1.54, 1.807) is 0 Å². The van der Waals surface area contributed by atoms with Crippen molar-refractivity contribution in [1.82, 2.24) is 15.0 Å². The van der Waals surface area contributed by atoms with Gasteiger partial charge in [0.1, 0.15) is 0 Å². The van der Waals surface area contributed by atoms with Crippen molar-refractivity contribution in [3.05, 3.63) is 28.7 Å². The molecule has 0 unspecified atom stereocenters. The van der Waals surface area contributed by atoms with E-state index in [9.17, 15) is 0 Å². The first-order valence-electron chi connectivity index (χ1n) is 5.49. The summed E-state index contributed by atoms with van der Waals surface area (Å²) in [6.45, 7) is 3.80. The number of anilines is 1. The summed E-state index contributed by atoms with van der Waals surface area (Å²) in [4.78, 5) is 12.3. The van der Waals surface area contributed by atoms with Crippen LogP contribution in [-0.4, -0.2) is 21.1 Å². The quantitative estimate of drug-likeness (QED) is 0.943. The van der Waals surface area contributed by atoms with E-state index in [0.717, 1.165) is 10.0 Å². The molecule has 0 amide bonds. The summed E-state index contributed by atoms with van der Waals surface area (Å²) in [6.07, 6.45) is -0.0149. The Morgan fingerprint density at radius 3 is 2.56 bits per heavy atom. The summed E-state index contributed by atoms with van der Waals surface area (Å²) in [7, 11) is 0. The third-order valence-corrected chi connectivity index (χ3v) is 2.78. The normalized spacial score (nSPS) is 10.7. The molecular weight excluding hydrogens is 296 g/mol. The van der Waals surface area contributed by atoms with Crippen LogP contribution in [0, 0.1) is 0 Å². The zero-order valence-electron chi connectivity index (χ0n) is 10.1. The van der Waals surface area contributed by atoms with E-state index < -0.39 is 0 Å². The Morgan fingerprint density at radius 1 is 1.17 bits per heavy atom. The molecule has 2 aromatic rings. The van der Waals surface area contributed by atoms with E-state index in [0.29, 0.717) is 5.82 Å². The van der Waals surface area contributed by atoms with Gasteiger partial charge >= 0.3 is 6.01 Å². The summed E-state index contributed by atoms with van der Waals surface area (Å²) in [5.41, 5.74) is 6.51. The third-order valence-electron chi connectivity index (χ3n) is 2.09. The van der Waals surface area contributed by atoms with Gasteiger partial charge in [0, 0.05) is 10.0 Å². The summed E-state index contributed by atoms with van der Waals surface area (Å²) in [5, 5.41) is 0. The van der Waals surface area contributed by atoms with Gasteiger partial charge in [0.2, 0.25) is 5.95 Å².